The van der Waals surface area contributed by atoms with Gasteiger partial charge in [-0.1, -0.05) is 23.9 Å². The lowest BCUT2D eigenvalue weighted by Crippen LogP contribution is -2.60. The van der Waals surface area contributed by atoms with Crippen LogP contribution in [0.3, 0.4) is 0 Å². The highest BCUT2D eigenvalue weighted by atomic mass is 32.2. The molecule has 0 radical (unpaired) electrons. The van der Waals surface area contributed by atoms with Gasteiger partial charge in [-0.3, -0.25) is 9.69 Å². The first-order chi connectivity index (χ1) is 11.4. The van der Waals surface area contributed by atoms with Crippen molar-refractivity contribution in [2.75, 3.05) is 6.61 Å². The van der Waals surface area contributed by atoms with Crippen LogP contribution in [-0.2, 0) is 16.1 Å². The maximum Gasteiger partial charge on any atom is 0.353 e. The van der Waals surface area contributed by atoms with Gasteiger partial charge in [0.25, 0.3) is 0 Å². The van der Waals surface area contributed by atoms with E-state index in [1.807, 2.05) is 12.1 Å². The molecule has 2 aliphatic heterocycles. The normalized spacial score (nSPS) is 23.8. The Bertz CT molecular complexity index is 701. The van der Waals surface area contributed by atoms with Crippen LogP contribution >= 0.6 is 11.8 Å². The Hall–Kier alpha value is -2.03. The van der Waals surface area contributed by atoms with Crippen LogP contribution in [0.1, 0.15) is 12.5 Å². The third kappa shape index (κ3) is 2.77. The molecule has 0 bridgehead atoms. The molecular formula is C16H18N2O5S. The predicted molar refractivity (Wildman–Crippen MR) is 87.9 cm³/mol. The number of carbonyl (C=O) groups is 2. The number of aliphatic hydroxyl groups excluding tert-OH is 1. The molecule has 7 nitrogen and oxygen atoms in total. The molecule has 1 amide bonds. The van der Waals surface area contributed by atoms with Gasteiger partial charge in [0.2, 0.25) is 5.91 Å². The molecule has 2 aliphatic rings. The third-order valence-corrected chi connectivity index (χ3v) is 5.44. The average Bonchev–Trinajstić information content (AvgIpc) is 2.87. The van der Waals surface area contributed by atoms with Gasteiger partial charge >= 0.3 is 5.97 Å². The minimum atomic E-state index is -1.17. The first-order valence-electron chi connectivity index (χ1n) is 7.50. The van der Waals surface area contributed by atoms with Gasteiger partial charge in [-0.15, -0.1) is 0 Å². The Morgan fingerprint density at radius 2 is 2.08 bits per heavy atom. The minimum absolute atomic E-state index is 0.0505. The fourth-order valence-corrected chi connectivity index (χ4v) is 4.35. The van der Waals surface area contributed by atoms with Gasteiger partial charge in [-0.05, 0) is 24.6 Å². The first-order valence-corrected chi connectivity index (χ1v) is 8.38. The number of carboxylic acids is 1. The second-order valence-electron chi connectivity index (χ2n) is 5.70. The quantitative estimate of drug-likeness (QED) is 0.648. The van der Waals surface area contributed by atoms with Crippen LogP contribution in [0.25, 0.3) is 0 Å². The lowest BCUT2D eigenvalue weighted by molar-refractivity contribution is -0.156. The number of β-lactam (4-membered cyclic amide) rings is 1. The van der Waals surface area contributed by atoms with Crippen molar-refractivity contribution in [2.45, 2.75) is 24.9 Å². The number of aliphatic hydroxyl groups is 1. The molecule has 1 aromatic carbocycles. The first kappa shape index (κ1) is 16.8. The summed E-state index contributed by atoms with van der Waals surface area (Å²) in [7, 11) is 0. The molecule has 2 heterocycles. The van der Waals surface area contributed by atoms with Crippen LogP contribution in [-0.4, -0.2) is 45.1 Å². The standard InChI is InChI=1S/C16H18N2O5S/c1-8(19)12-14(20)18-13(16(21)22)11(24-15(12)18)7-23-10-4-2-9(6-17)3-5-10/h2-5,8,12,15,19H,6-7,17H2,1H3,(H,21,22)/t8-,12+,15-/m1/s1. The minimum Gasteiger partial charge on any atom is -0.488 e. The van der Waals surface area contributed by atoms with Crippen LogP contribution in [0, 0.1) is 5.92 Å². The van der Waals surface area contributed by atoms with Gasteiger partial charge in [-0.25, -0.2) is 4.79 Å². The summed E-state index contributed by atoms with van der Waals surface area (Å²) in [5.41, 5.74) is 6.46. The SMILES string of the molecule is C[C@@H](O)[C@H]1C(=O)N2C(C(=O)O)=C(COc3ccc(CN)cc3)S[C@H]12. The smallest absolute Gasteiger partial charge is 0.353 e. The van der Waals surface area contributed by atoms with Crippen molar-refractivity contribution >= 4 is 23.6 Å². The van der Waals surface area contributed by atoms with Gasteiger partial charge in [0.15, 0.2) is 0 Å². The van der Waals surface area contributed by atoms with Crippen molar-refractivity contribution in [3.63, 3.8) is 0 Å². The Balaban J connectivity index is 1.74. The summed E-state index contributed by atoms with van der Waals surface area (Å²) >= 11 is 1.26. The highest BCUT2D eigenvalue weighted by molar-refractivity contribution is 8.04. The van der Waals surface area contributed by atoms with Crippen molar-refractivity contribution < 1.29 is 24.5 Å². The zero-order valence-corrected chi connectivity index (χ0v) is 13.8. The summed E-state index contributed by atoms with van der Waals surface area (Å²) in [6, 6.07) is 7.20. The fraction of sp³-hybridized carbons (Fsp3) is 0.375. The molecule has 3 atom stereocenters. The highest BCUT2D eigenvalue weighted by Crippen LogP contribution is 2.50. The number of carbonyl (C=O) groups excluding carboxylic acids is 1. The van der Waals surface area contributed by atoms with Crippen molar-refractivity contribution in [1.29, 1.82) is 0 Å². The van der Waals surface area contributed by atoms with Crippen LogP contribution in [0.4, 0.5) is 0 Å². The molecule has 3 rings (SSSR count). The van der Waals surface area contributed by atoms with Gasteiger partial charge in [0.1, 0.15) is 23.4 Å². The summed E-state index contributed by atoms with van der Waals surface area (Å²) < 4.78 is 5.64. The van der Waals surface area contributed by atoms with Gasteiger partial charge in [0, 0.05) is 6.54 Å². The molecule has 1 aromatic rings. The summed E-state index contributed by atoms with van der Waals surface area (Å²) in [4.78, 5) is 25.3. The van der Waals surface area contributed by atoms with Crippen LogP contribution in [0.2, 0.25) is 0 Å². The summed E-state index contributed by atoms with van der Waals surface area (Å²) in [6.07, 6.45) is -0.814. The zero-order chi connectivity index (χ0) is 17.4. The molecule has 8 heteroatoms. The third-order valence-electron chi connectivity index (χ3n) is 4.10. The number of aliphatic carboxylic acids is 1. The Kier molecular flexibility index (Phi) is 4.53. The molecule has 24 heavy (non-hydrogen) atoms. The Morgan fingerprint density at radius 3 is 2.62 bits per heavy atom. The maximum atomic E-state index is 12.1. The van der Waals surface area contributed by atoms with Crippen molar-refractivity contribution in [3.05, 3.63) is 40.4 Å². The summed E-state index contributed by atoms with van der Waals surface area (Å²) in [5, 5.41) is 18.7. The molecule has 0 spiro atoms. The topological polar surface area (TPSA) is 113 Å². The highest BCUT2D eigenvalue weighted by Gasteiger charge is 2.57. The van der Waals surface area contributed by atoms with E-state index in [2.05, 4.69) is 0 Å². The molecule has 0 aromatic heterocycles. The van der Waals surface area contributed by atoms with Gasteiger partial charge in [0.05, 0.1) is 16.9 Å². The number of nitrogens with two attached hydrogens (primary N) is 1. The number of fused-ring (bicyclic) bond motifs is 1. The Morgan fingerprint density at radius 1 is 1.42 bits per heavy atom. The number of hydrogen-bond donors (Lipinski definition) is 3. The lowest BCUT2D eigenvalue weighted by atomic mass is 9.92. The second-order valence-corrected chi connectivity index (χ2v) is 6.91. The largest absolute Gasteiger partial charge is 0.488 e. The van der Waals surface area contributed by atoms with Crippen LogP contribution < -0.4 is 10.5 Å². The van der Waals surface area contributed by atoms with Crippen LogP contribution in [0.15, 0.2) is 34.9 Å². The zero-order valence-electron chi connectivity index (χ0n) is 13.0. The van der Waals surface area contributed by atoms with E-state index >= 15 is 0 Å². The Labute approximate surface area is 143 Å². The number of hydrogen-bond acceptors (Lipinski definition) is 6. The molecule has 4 N–H and O–H groups in total. The lowest BCUT2D eigenvalue weighted by Gasteiger charge is -2.43. The monoisotopic (exact) mass is 350 g/mol. The fourth-order valence-electron chi connectivity index (χ4n) is 2.83. The molecule has 0 unspecified atom stereocenters. The number of carboxylic acid groups (broad SMARTS) is 1. The van der Waals surface area contributed by atoms with E-state index in [4.69, 9.17) is 10.5 Å². The van der Waals surface area contributed by atoms with Crippen molar-refractivity contribution in [2.24, 2.45) is 11.7 Å². The maximum absolute atomic E-state index is 12.1. The van der Waals surface area contributed by atoms with E-state index < -0.39 is 18.0 Å². The summed E-state index contributed by atoms with van der Waals surface area (Å²) in [5.74, 6) is -1.51. The summed E-state index contributed by atoms with van der Waals surface area (Å²) in [6.45, 7) is 2.03. The predicted octanol–water partition coefficient (Wildman–Crippen LogP) is 0.732. The van der Waals surface area contributed by atoms with E-state index in [-0.39, 0.29) is 23.6 Å². The molecule has 1 saturated heterocycles. The molecular weight excluding hydrogens is 332 g/mol. The van der Waals surface area contributed by atoms with Gasteiger partial charge in [-0.2, -0.15) is 0 Å². The molecule has 1 fully saturated rings. The molecule has 0 aliphatic carbocycles. The number of benzene rings is 1. The number of nitrogens with zero attached hydrogens (tertiary/aromatic N) is 1. The molecule has 0 saturated carbocycles. The number of ether oxygens (including phenoxy) is 1. The van der Waals surface area contributed by atoms with Gasteiger partial charge < -0.3 is 20.7 Å². The van der Waals surface area contributed by atoms with E-state index in [1.54, 1.807) is 12.1 Å². The van der Waals surface area contributed by atoms with E-state index in [9.17, 15) is 19.8 Å². The number of amides is 1. The van der Waals surface area contributed by atoms with E-state index in [1.165, 1.54) is 23.6 Å². The average molecular weight is 350 g/mol. The molecule has 128 valence electrons. The van der Waals surface area contributed by atoms with Crippen LogP contribution in [0.5, 0.6) is 5.75 Å². The van der Waals surface area contributed by atoms with Crippen molar-refractivity contribution in [3.8, 4) is 5.75 Å². The van der Waals surface area contributed by atoms with E-state index in [0.717, 1.165) is 5.56 Å². The number of thioether (sulfide) groups is 1. The van der Waals surface area contributed by atoms with Crippen molar-refractivity contribution in [1.82, 2.24) is 4.90 Å². The second kappa shape index (κ2) is 6.46. The van der Waals surface area contributed by atoms with E-state index in [0.29, 0.717) is 17.2 Å². The number of rotatable bonds is 6.